The quantitative estimate of drug-likeness (QED) is 0.568. The molecule has 2 atom stereocenters. The van der Waals surface area contributed by atoms with Crippen LogP contribution >= 0.6 is 23.4 Å². The number of amides is 1. The van der Waals surface area contributed by atoms with Crippen molar-refractivity contribution in [3.63, 3.8) is 0 Å². The lowest BCUT2D eigenvalue weighted by atomic mass is 10.1. The Morgan fingerprint density at radius 2 is 2.07 bits per heavy atom. The van der Waals surface area contributed by atoms with E-state index in [4.69, 9.17) is 16.3 Å². The van der Waals surface area contributed by atoms with Gasteiger partial charge in [-0.3, -0.25) is 10.2 Å². The molecule has 1 aromatic heterocycles. The highest BCUT2D eigenvalue weighted by Crippen LogP contribution is 2.43. The molecule has 3 rings (SSSR count). The van der Waals surface area contributed by atoms with Crippen LogP contribution in [0.2, 0.25) is 0 Å². The first-order valence-electron chi connectivity index (χ1n) is 7.87. The fraction of sp³-hybridized carbons (Fsp3) is 0.714. The van der Waals surface area contributed by atoms with Crippen LogP contribution in [0.25, 0.3) is 0 Å². The smallest absolute Gasteiger partial charge is 0.349 e. The molecule has 1 saturated heterocycles. The minimum atomic E-state index is -4.73. The van der Waals surface area contributed by atoms with Crippen LogP contribution in [0.5, 0.6) is 0 Å². The number of methoxy groups -OCH3 is 1. The lowest BCUT2D eigenvalue weighted by Crippen LogP contribution is -2.36. The highest BCUT2D eigenvalue weighted by molar-refractivity contribution is 8.00. The molecule has 1 fully saturated rings. The van der Waals surface area contributed by atoms with Crippen molar-refractivity contribution in [2.75, 3.05) is 19.1 Å². The molecule has 1 N–H and O–H groups in total. The van der Waals surface area contributed by atoms with Crippen LogP contribution < -0.4 is 5.43 Å². The van der Waals surface area contributed by atoms with Gasteiger partial charge in [-0.2, -0.15) is 22.0 Å². The summed E-state index contributed by atoms with van der Waals surface area (Å²) in [5.41, 5.74) is 1.37. The average molecular weight is 435 g/mol. The average Bonchev–Trinajstić information content (AvgIpc) is 3.10. The summed E-state index contributed by atoms with van der Waals surface area (Å²) in [5, 5.41) is -4.44. The lowest BCUT2D eigenvalue weighted by molar-refractivity contribution is -0.142. The van der Waals surface area contributed by atoms with Crippen molar-refractivity contribution in [1.82, 2.24) is 14.6 Å². The summed E-state index contributed by atoms with van der Waals surface area (Å²) < 4.78 is 72.4. The van der Waals surface area contributed by atoms with E-state index in [9.17, 15) is 26.7 Å². The second-order valence-electron chi connectivity index (χ2n) is 6.55. The molecule has 13 heteroatoms. The van der Waals surface area contributed by atoms with Gasteiger partial charge in [-0.05, 0) is 36.2 Å². The fourth-order valence-corrected chi connectivity index (χ4v) is 4.30. The highest BCUT2D eigenvalue weighted by Gasteiger charge is 2.46. The molecule has 2 aliphatic rings. The van der Waals surface area contributed by atoms with Gasteiger partial charge in [0.1, 0.15) is 0 Å². The number of halogens is 6. The molecule has 1 amide bonds. The van der Waals surface area contributed by atoms with E-state index in [0.29, 0.717) is 0 Å². The van der Waals surface area contributed by atoms with Crippen molar-refractivity contribution >= 4 is 29.3 Å². The van der Waals surface area contributed by atoms with Gasteiger partial charge in [0, 0.05) is 26.5 Å². The number of nitrogens with zero attached hydrogens (tertiary/aromatic N) is 3. The monoisotopic (exact) mass is 434 g/mol. The molecule has 0 spiro atoms. The Morgan fingerprint density at radius 3 is 2.63 bits per heavy atom. The number of carbonyl (C=O) groups excluding carboxylic acids is 1. The Bertz CT molecular complexity index is 753. The SMILES string of the molecule is COC1(C)Nn2c(nc(C(F)(F)F)c2CN2C[C@@H](CC(F)(F)Cl)CC2=O)S1. The zero-order chi connectivity index (χ0) is 20.2. The first-order valence-corrected chi connectivity index (χ1v) is 9.06. The van der Waals surface area contributed by atoms with Crippen molar-refractivity contribution in [1.29, 1.82) is 0 Å². The van der Waals surface area contributed by atoms with Gasteiger partial charge >= 0.3 is 11.6 Å². The predicted octanol–water partition coefficient (Wildman–Crippen LogP) is 3.44. The van der Waals surface area contributed by atoms with E-state index in [1.54, 1.807) is 6.92 Å². The van der Waals surface area contributed by atoms with Crippen molar-refractivity contribution in [2.45, 2.75) is 48.1 Å². The number of aromatic nitrogens is 2. The van der Waals surface area contributed by atoms with E-state index < -0.39 is 47.1 Å². The fourth-order valence-electron chi connectivity index (χ4n) is 3.13. The molecular weight excluding hydrogens is 419 g/mol. The largest absolute Gasteiger partial charge is 0.435 e. The molecule has 1 unspecified atom stereocenters. The van der Waals surface area contributed by atoms with E-state index >= 15 is 0 Å². The molecule has 6 nitrogen and oxygen atoms in total. The first kappa shape index (κ1) is 20.5. The van der Waals surface area contributed by atoms with Crippen LogP contribution in [0.3, 0.4) is 0 Å². The Hall–Kier alpha value is -1.27. The van der Waals surface area contributed by atoms with E-state index in [1.807, 2.05) is 0 Å². The summed E-state index contributed by atoms with van der Waals surface area (Å²) in [7, 11) is 1.39. The standard InChI is InChI=1S/C14H16ClF5N4O2S/c1-12(26-2)22-24-8(10(14(18,19)20)21-11(24)27-12)6-23-5-7(3-9(23)25)4-13(15,16)17/h7,22H,3-6H2,1-2H3/t7-,12?/m1/s1. The van der Waals surface area contributed by atoms with Gasteiger partial charge in [0.2, 0.25) is 11.0 Å². The molecule has 0 aromatic carbocycles. The molecule has 152 valence electrons. The number of carbonyl (C=O) groups is 1. The Kier molecular flexibility index (Phi) is 5.05. The number of fused-ring (bicyclic) bond motifs is 1. The van der Waals surface area contributed by atoms with E-state index in [-0.39, 0.29) is 23.8 Å². The number of thioether (sulfide) groups is 1. The van der Waals surface area contributed by atoms with Gasteiger partial charge in [-0.1, -0.05) is 0 Å². The number of hydrogen-bond acceptors (Lipinski definition) is 5. The summed E-state index contributed by atoms with van der Waals surface area (Å²) in [6.07, 6.45) is -5.64. The number of rotatable bonds is 5. The van der Waals surface area contributed by atoms with Crippen LogP contribution in [-0.4, -0.2) is 44.6 Å². The molecule has 2 aliphatic heterocycles. The number of ether oxygens (including phenoxy) is 1. The number of nitrogens with one attached hydrogen (secondary N) is 1. The zero-order valence-corrected chi connectivity index (χ0v) is 15.8. The van der Waals surface area contributed by atoms with Gasteiger partial charge < -0.3 is 9.64 Å². The van der Waals surface area contributed by atoms with E-state index in [0.717, 1.165) is 21.3 Å². The number of hydrogen-bond donors (Lipinski definition) is 1. The zero-order valence-electron chi connectivity index (χ0n) is 14.2. The van der Waals surface area contributed by atoms with Crippen molar-refractivity contribution < 1.29 is 31.5 Å². The highest BCUT2D eigenvalue weighted by atomic mass is 35.5. The summed E-state index contributed by atoms with van der Waals surface area (Å²) in [4.78, 5) is 16.9. The third kappa shape index (κ3) is 4.27. The summed E-state index contributed by atoms with van der Waals surface area (Å²) in [5.74, 6) is -1.24. The maximum atomic E-state index is 13.4. The van der Waals surface area contributed by atoms with Gasteiger partial charge in [0.25, 0.3) is 0 Å². The second-order valence-corrected chi connectivity index (χ2v) is 8.45. The van der Waals surface area contributed by atoms with Crippen LogP contribution in [-0.2, 0) is 22.3 Å². The first-order chi connectivity index (χ1) is 12.3. The topological polar surface area (TPSA) is 59.4 Å². The Balaban J connectivity index is 1.86. The predicted molar refractivity (Wildman–Crippen MR) is 86.8 cm³/mol. The van der Waals surface area contributed by atoms with Gasteiger partial charge in [0.15, 0.2) is 10.9 Å². The van der Waals surface area contributed by atoms with E-state index in [2.05, 4.69) is 10.4 Å². The molecule has 3 heterocycles. The molecule has 27 heavy (non-hydrogen) atoms. The molecular formula is C14H16ClF5N4O2S. The van der Waals surface area contributed by atoms with Crippen molar-refractivity contribution in [2.24, 2.45) is 5.92 Å². The van der Waals surface area contributed by atoms with E-state index in [1.165, 1.54) is 7.11 Å². The molecule has 0 saturated carbocycles. The molecule has 0 bridgehead atoms. The molecule has 1 aromatic rings. The Morgan fingerprint density at radius 1 is 1.41 bits per heavy atom. The van der Waals surface area contributed by atoms with Gasteiger partial charge in [-0.25, -0.2) is 9.66 Å². The summed E-state index contributed by atoms with van der Waals surface area (Å²) in [6, 6.07) is 0. The normalized spacial score (nSPS) is 25.9. The van der Waals surface area contributed by atoms with Crippen LogP contribution in [0.15, 0.2) is 5.16 Å². The summed E-state index contributed by atoms with van der Waals surface area (Å²) >= 11 is 5.86. The van der Waals surface area contributed by atoms with Crippen molar-refractivity contribution in [3.8, 4) is 0 Å². The second kappa shape index (κ2) is 6.66. The molecule has 0 radical (unpaired) electrons. The Labute approximate surface area is 160 Å². The van der Waals surface area contributed by atoms with Crippen LogP contribution in [0.4, 0.5) is 22.0 Å². The minimum Gasteiger partial charge on any atom is -0.349 e. The van der Waals surface area contributed by atoms with Gasteiger partial charge in [-0.15, -0.1) is 0 Å². The van der Waals surface area contributed by atoms with Crippen molar-refractivity contribution in [3.05, 3.63) is 11.4 Å². The number of alkyl halides is 6. The maximum absolute atomic E-state index is 13.4. The third-order valence-electron chi connectivity index (χ3n) is 4.36. The molecule has 0 aliphatic carbocycles. The van der Waals surface area contributed by atoms with Crippen LogP contribution in [0.1, 0.15) is 31.2 Å². The minimum absolute atomic E-state index is 0.0390. The lowest BCUT2D eigenvalue weighted by Gasteiger charge is -2.24. The van der Waals surface area contributed by atoms with Crippen LogP contribution in [0, 0.1) is 5.92 Å². The van der Waals surface area contributed by atoms with Gasteiger partial charge in [0.05, 0.1) is 12.2 Å². The number of imidazole rings is 1. The summed E-state index contributed by atoms with van der Waals surface area (Å²) in [6.45, 7) is 1.09. The maximum Gasteiger partial charge on any atom is 0.435 e. The number of likely N-dealkylation sites (tertiary alicyclic amines) is 1. The third-order valence-corrected chi connectivity index (χ3v) is 5.61.